The van der Waals surface area contributed by atoms with Crippen LogP contribution in [0.2, 0.25) is 0 Å². The van der Waals surface area contributed by atoms with E-state index in [4.69, 9.17) is 4.42 Å². The minimum absolute atomic E-state index is 0.901. The zero-order chi connectivity index (χ0) is 42.3. The largest absolute Gasteiger partial charge is 0.456 e. The molecule has 1 heterocycles. The predicted molar refractivity (Wildman–Crippen MR) is 274 cm³/mol. The molecule has 1 aromatic heterocycles. The number of hydrogen-bond acceptors (Lipinski definition) is 1. The summed E-state index contributed by atoms with van der Waals surface area (Å²) in [5, 5.41) is 12.5. The van der Waals surface area contributed by atoms with E-state index in [-0.39, 0.29) is 0 Å². The van der Waals surface area contributed by atoms with Gasteiger partial charge < -0.3 is 4.42 Å². The second-order valence-corrected chi connectivity index (χ2v) is 17.9. The Morgan fingerprint density at radius 1 is 0.200 bits per heavy atom. The van der Waals surface area contributed by atoms with Crippen LogP contribution in [0.3, 0.4) is 0 Å². The minimum atomic E-state index is 0.901. The van der Waals surface area contributed by atoms with Gasteiger partial charge in [0.1, 0.15) is 11.2 Å². The lowest BCUT2D eigenvalue weighted by Gasteiger charge is -2.11. The SMILES string of the molecule is c1ccc2c(c1)-c1cccc3c(-c4ccc5cc(-c6ccc7oc8ccc(-c9ccc%10cc(-c%11ccc%12c%13c(cccc%11%13)-c%11ccccc%11-%12)ccc%10c9)cc8c7c6)ccc5c4)ccc-2c13. The Labute approximate surface area is 375 Å². The molecule has 0 saturated heterocycles. The van der Waals surface area contributed by atoms with Gasteiger partial charge in [-0.15, -0.1) is 0 Å². The summed E-state index contributed by atoms with van der Waals surface area (Å²) in [5.41, 5.74) is 22.2. The van der Waals surface area contributed by atoms with Gasteiger partial charge in [0, 0.05) is 10.8 Å². The molecule has 0 atom stereocenters. The van der Waals surface area contributed by atoms with Gasteiger partial charge in [0.25, 0.3) is 0 Å². The van der Waals surface area contributed by atoms with E-state index >= 15 is 0 Å². The maximum absolute atomic E-state index is 6.42. The number of hydrogen-bond donors (Lipinski definition) is 0. The first kappa shape index (κ1) is 35.0. The van der Waals surface area contributed by atoms with Gasteiger partial charge in [-0.05, 0) is 181 Å². The molecule has 1 heteroatoms. The lowest BCUT2D eigenvalue weighted by molar-refractivity contribution is 0.669. The minimum Gasteiger partial charge on any atom is -0.456 e. The molecule has 0 radical (unpaired) electrons. The molecular formula is C64H36O. The maximum Gasteiger partial charge on any atom is 0.135 e. The summed E-state index contributed by atoms with van der Waals surface area (Å²) in [6, 6.07) is 81.0. The molecule has 0 bridgehead atoms. The van der Waals surface area contributed by atoms with E-state index in [0.717, 1.165) is 21.9 Å². The predicted octanol–water partition coefficient (Wildman–Crippen LogP) is 18.2. The Kier molecular flexibility index (Phi) is 7.01. The van der Waals surface area contributed by atoms with E-state index < -0.39 is 0 Å². The highest BCUT2D eigenvalue weighted by Crippen LogP contribution is 2.51. The number of fused-ring (bicyclic) bond motifs is 11. The van der Waals surface area contributed by atoms with Gasteiger partial charge >= 0.3 is 0 Å². The highest BCUT2D eigenvalue weighted by molar-refractivity contribution is 6.20. The molecule has 1 nitrogen and oxygen atoms in total. The monoisotopic (exact) mass is 820 g/mol. The van der Waals surface area contributed by atoms with Gasteiger partial charge in [-0.25, -0.2) is 0 Å². The zero-order valence-corrected chi connectivity index (χ0v) is 35.2. The van der Waals surface area contributed by atoms with Crippen molar-refractivity contribution >= 4 is 65.0 Å². The quantitative estimate of drug-likeness (QED) is 0.172. The van der Waals surface area contributed by atoms with Crippen molar-refractivity contribution in [3.63, 3.8) is 0 Å². The van der Waals surface area contributed by atoms with E-state index in [9.17, 15) is 0 Å². The molecule has 0 unspecified atom stereocenters. The van der Waals surface area contributed by atoms with Crippen LogP contribution in [0.25, 0.3) is 154 Å². The van der Waals surface area contributed by atoms with Crippen LogP contribution in [0.15, 0.2) is 223 Å². The third kappa shape index (κ3) is 5.04. The van der Waals surface area contributed by atoms with Crippen LogP contribution in [-0.4, -0.2) is 0 Å². The molecule has 12 aromatic carbocycles. The molecule has 0 spiro atoms. The van der Waals surface area contributed by atoms with Gasteiger partial charge in [0.15, 0.2) is 0 Å². The van der Waals surface area contributed by atoms with Crippen LogP contribution in [0, 0.1) is 0 Å². The van der Waals surface area contributed by atoms with Crippen LogP contribution >= 0.6 is 0 Å². The van der Waals surface area contributed by atoms with Crippen molar-refractivity contribution in [3.8, 4) is 89.0 Å². The first-order valence-electron chi connectivity index (χ1n) is 22.6. The Balaban J connectivity index is 0.753. The van der Waals surface area contributed by atoms with Crippen molar-refractivity contribution in [2.24, 2.45) is 0 Å². The first-order valence-corrected chi connectivity index (χ1v) is 22.6. The first-order chi connectivity index (χ1) is 32.2. The van der Waals surface area contributed by atoms with Gasteiger partial charge in [-0.3, -0.25) is 0 Å². The molecule has 0 fully saturated rings. The lowest BCUT2D eigenvalue weighted by atomic mass is 9.92. The number of rotatable bonds is 4. The van der Waals surface area contributed by atoms with E-state index in [1.165, 1.54) is 132 Å². The Hall–Kier alpha value is -8.52. The Morgan fingerprint density at radius 2 is 0.523 bits per heavy atom. The van der Waals surface area contributed by atoms with Crippen LogP contribution in [-0.2, 0) is 0 Å². The van der Waals surface area contributed by atoms with E-state index in [1.54, 1.807) is 0 Å². The summed E-state index contributed by atoms with van der Waals surface area (Å²) in [6.07, 6.45) is 0. The Morgan fingerprint density at radius 3 is 0.954 bits per heavy atom. The van der Waals surface area contributed by atoms with E-state index in [0.29, 0.717) is 0 Å². The number of benzene rings is 12. The van der Waals surface area contributed by atoms with E-state index in [1.807, 2.05) is 0 Å². The van der Waals surface area contributed by atoms with Crippen LogP contribution in [0.1, 0.15) is 0 Å². The molecule has 2 aliphatic carbocycles. The third-order valence-electron chi connectivity index (χ3n) is 14.5. The van der Waals surface area contributed by atoms with Gasteiger partial charge in [0.2, 0.25) is 0 Å². The molecule has 0 aliphatic heterocycles. The molecule has 0 N–H and O–H groups in total. The van der Waals surface area contributed by atoms with Crippen molar-refractivity contribution in [1.82, 2.24) is 0 Å². The average molecular weight is 821 g/mol. The van der Waals surface area contributed by atoms with Gasteiger partial charge in [-0.2, -0.15) is 0 Å². The van der Waals surface area contributed by atoms with Crippen LogP contribution in [0.5, 0.6) is 0 Å². The van der Waals surface area contributed by atoms with Crippen molar-refractivity contribution in [2.45, 2.75) is 0 Å². The lowest BCUT2D eigenvalue weighted by Crippen LogP contribution is -1.85. The molecule has 15 rings (SSSR count). The second-order valence-electron chi connectivity index (χ2n) is 17.9. The fourth-order valence-electron chi connectivity index (χ4n) is 11.4. The van der Waals surface area contributed by atoms with Crippen molar-refractivity contribution in [2.75, 3.05) is 0 Å². The molecular weight excluding hydrogens is 785 g/mol. The van der Waals surface area contributed by atoms with Crippen LogP contribution in [0.4, 0.5) is 0 Å². The number of furan rings is 1. The van der Waals surface area contributed by atoms with Crippen molar-refractivity contribution in [1.29, 1.82) is 0 Å². The van der Waals surface area contributed by atoms with Crippen molar-refractivity contribution in [3.05, 3.63) is 218 Å². The summed E-state index contributed by atoms with van der Waals surface area (Å²) in [4.78, 5) is 0. The fraction of sp³-hybridized carbons (Fsp3) is 0. The summed E-state index contributed by atoms with van der Waals surface area (Å²) in [6.45, 7) is 0. The summed E-state index contributed by atoms with van der Waals surface area (Å²) in [7, 11) is 0. The summed E-state index contributed by atoms with van der Waals surface area (Å²) >= 11 is 0. The fourth-order valence-corrected chi connectivity index (χ4v) is 11.4. The van der Waals surface area contributed by atoms with Crippen molar-refractivity contribution < 1.29 is 4.42 Å². The maximum atomic E-state index is 6.42. The molecule has 13 aromatic rings. The van der Waals surface area contributed by atoms with E-state index in [2.05, 4.69) is 218 Å². The molecule has 0 saturated carbocycles. The molecule has 298 valence electrons. The average Bonchev–Trinajstić information content (AvgIpc) is 4.02. The normalized spacial score (nSPS) is 12.3. The topological polar surface area (TPSA) is 13.1 Å². The van der Waals surface area contributed by atoms with Gasteiger partial charge in [-0.1, -0.05) is 170 Å². The summed E-state index contributed by atoms with van der Waals surface area (Å²) in [5.74, 6) is 0. The smallest absolute Gasteiger partial charge is 0.135 e. The molecule has 65 heavy (non-hydrogen) atoms. The highest BCUT2D eigenvalue weighted by atomic mass is 16.3. The third-order valence-corrected chi connectivity index (χ3v) is 14.5. The molecule has 0 amide bonds. The Bertz CT molecular complexity index is 3910. The highest BCUT2D eigenvalue weighted by Gasteiger charge is 2.24. The summed E-state index contributed by atoms with van der Waals surface area (Å²) < 4.78 is 6.42. The molecule has 2 aliphatic rings. The van der Waals surface area contributed by atoms with Crippen LogP contribution < -0.4 is 0 Å². The standard InChI is InChI=1S/C64H36O/c1-3-9-51-49(7-1)55-13-5-11-53-47(25-27-57(51)63(53)55)45-21-19-37-31-39(15-17-41(37)33-45)43-23-29-61-59(35-43)60-36-44(24-30-62(60)65-61)40-16-18-42-34-46(22-20-38(42)32-40)48-26-28-58-52-10-4-2-8-50(52)56-14-6-12-54(48)64(56)58/h1-36H. The second kappa shape index (κ2) is 13.0. The van der Waals surface area contributed by atoms with Gasteiger partial charge in [0.05, 0.1) is 0 Å². The zero-order valence-electron chi connectivity index (χ0n) is 35.2.